The molecule has 1 aliphatic carbocycles. The lowest BCUT2D eigenvalue weighted by molar-refractivity contribution is 0.0705. The second-order valence-corrected chi connectivity index (χ2v) is 8.11. The minimum atomic E-state index is 0.0725. The van der Waals surface area contributed by atoms with E-state index < -0.39 is 0 Å². The summed E-state index contributed by atoms with van der Waals surface area (Å²) >= 11 is 0. The second-order valence-electron chi connectivity index (χ2n) is 8.11. The number of ether oxygens (including phenoxy) is 1. The average molecular weight is 302 g/mol. The van der Waals surface area contributed by atoms with Crippen LogP contribution in [-0.2, 0) is 0 Å². The highest BCUT2D eigenvalue weighted by Gasteiger charge is 2.51. The number of nitrogen functional groups attached to an aromatic ring is 1. The Kier molecular flexibility index (Phi) is 3.38. The third-order valence-corrected chi connectivity index (χ3v) is 5.13. The number of carbonyl (C=O) groups excluding carboxylic acids is 1. The zero-order chi connectivity index (χ0) is 16.1. The van der Waals surface area contributed by atoms with Gasteiger partial charge in [0.15, 0.2) is 0 Å². The molecule has 1 saturated carbocycles. The zero-order valence-electron chi connectivity index (χ0n) is 14.0. The van der Waals surface area contributed by atoms with E-state index in [0.29, 0.717) is 28.5 Å². The van der Waals surface area contributed by atoms with Crippen molar-refractivity contribution >= 4 is 11.6 Å². The van der Waals surface area contributed by atoms with Gasteiger partial charge in [0.1, 0.15) is 5.75 Å². The first-order valence-electron chi connectivity index (χ1n) is 7.98. The molecule has 2 fully saturated rings. The molecule has 4 nitrogen and oxygen atoms in total. The molecule has 1 aromatic carbocycles. The number of methoxy groups -OCH3 is 1. The monoisotopic (exact) mass is 302 g/mol. The van der Waals surface area contributed by atoms with Gasteiger partial charge in [0.25, 0.3) is 5.91 Å². The van der Waals surface area contributed by atoms with E-state index in [1.54, 1.807) is 25.3 Å². The van der Waals surface area contributed by atoms with Gasteiger partial charge >= 0.3 is 0 Å². The molecule has 2 aliphatic rings. The van der Waals surface area contributed by atoms with Crippen LogP contribution in [-0.4, -0.2) is 30.5 Å². The average Bonchev–Trinajstić information content (AvgIpc) is 2.67. The summed E-state index contributed by atoms with van der Waals surface area (Å²) in [6.07, 6.45) is 3.37. The van der Waals surface area contributed by atoms with Gasteiger partial charge < -0.3 is 15.4 Å². The number of hydrogen-bond donors (Lipinski definition) is 1. The fourth-order valence-electron chi connectivity index (χ4n) is 4.74. The number of anilines is 1. The normalized spacial score (nSPS) is 29.5. The maximum atomic E-state index is 13.0. The van der Waals surface area contributed by atoms with Crippen LogP contribution in [0.15, 0.2) is 18.2 Å². The molecule has 4 heteroatoms. The molecule has 0 radical (unpaired) electrons. The van der Waals surface area contributed by atoms with Gasteiger partial charge in [-0.1, -0.05) is 20.8 Å². The van der Waals surface area contributed by atoms with Crippen LogP contribution in [0.2, 0.25) is 0 Å². The number of carbonyl (C=O) groups is 1. The van der Waals surface area contributed by atoms with Gasteiger partial charge in [-0.25, -0.2) is 0 Å². The Morgan fingerprint density at radius 2 is 2.05 bits per heavy atom. The van der Waals surface area contributed by atoms with E-state index in [-0.39, 0.29) is 11.3 Å². The van der Waals surface area contributed by atoms with E-state index in [1.807, 2.05) is 0 Å². The van der Waals surface area contributed by atoms with Gasteiger partial charge in [0, 0.05) is 24.3 Å². The van der Waals surface area contributed by atoms with Crippen molar-refractivity contribution in [2.24, 2.45) is 10.8 Å². The number of nitrogens with two attached hydrogens (primary N) is 1. The van der Waals surface area contributed by atoms with Crippen LogP contribution in [0.25, 0.3) is 0 Å². The SMILES string of the molecule is COc1cc(N)ccc1C(=O)N1CC2(C)CC1CC(C)(C)C2. The highest BCUT2D eigenvalue weighted by atomic mass is 16.5. The first-order chi connectivity index (χ1) is 10.2. The van der Waals surface area contributed by atoms with Crippen LogP contribution >= 0.6 is 0 Å². The van der Waals surface area contributed by atoms with Crippen LogP contribution in [0, 0.1) is 10.8 Å². The topological polar surface area (TPSA) is 55.6 Å². The van der Waals surface area contributed by atoms with Gasteiger partial charge in [-0.3, -0.25) is 4.79 Å². The van der Waals surface area contributed by atoms with Gasteiger partial charge in [0.2, 0.25) is 0 Å². The highest BCUT2D eigenvalue weighted by molar-refractivity contribution is 5.98. The molecular formula is C18H26N2O2. The summed E-state index contributed by atoms with van der Waals surface area (Å²) in [6.45, 7) is 7.78. The van der Waals surface area contributed by atoms with Crippen molar-refractivity contribution < 1.29 is 9.53 Å². The molecule has 1 saturated heterocycles. The molecule has 120 valence electrons. The molecule has 2 atom stereocenters. The number of fused-ring (bicyclic) bond motifs is 2. The Balaban J connectivity index is 1.91. The van der Waals surface area contributed by atoms with Crippen molar-refractivity contribution in [3.05, 3.63) is 23.8 Å². The van der Waals surface area contributed by atoms with Gasteiger partial charge in [-0.15, -0.1) is 0 Å². The maximum Gasteiger partial charge on any atom is 0.257 e. The number of nitrogens with zero attached hydrogens (tertiary/aromatic N) is 1. The Morgan fingerprint density at radius 3 is 2.73 bits per heavy atom. The lowest BCUT2D eigenvalue weighted by Crippen LogP contribution is -2.37. The number of hydrogen-bond acceptors (Lipinski definition) is 3. The number of rotatable bonds is 2. The molecule has 1 aliphatic heterocycles. The lowest BCUT2D eigenvalue weighted by Gasteiger charge is -2.39. The Morgan fingerprint density at radius 1 is 1.32 bits per heavy atom. The van der Waals surface area contributed by atoms with Gasteiger partial charge in [-0.05, 0) is 42.2 Å². The predicted octanol–water partition coefficient (Wildman–Crippen LogP) is 3.32. The summed E-state index contributed by atoms with van der Waals surface area (Å²) < 4.78 is 5.36. The Hall–Kier alpha value is -1.71. The third kappa shape index (κ3) is 2.55. The number of amides is 1. The number of likely N-dealkylation sites (tertiary alicyclic amines) is 1. The predicted molar refractivity (Wildman–Crippen MR) is 88.0 cm³/mol. The molecular weight excluding hydrogens is 276 g/mol. The van der Waals surface area contributed by atoms with Crippen molar-refractivity contribution in [2.45, 2.75) is 46.1 Å². The fourth-order valence-corrected chi connectivity index (χ4v) is 4.74. The standard InChI is InChI=1S/C18H26N2O2/c1-17(2)8-13-9-18(3,10-17)11-20(13)16(21)14-6-5-12(19)7-15(14)22-4/h5-7,13H,8-11,19H2,1-4H3. The molecule has 3 rings (SSSR count). The van der Waals surface area contributed by atoms with Crippen LogP contribution in [0.1, 0.15) is 50.4 Å². The van der Waals surface area contributed by atoms with E-state index in [2.05, 4.69) is 25.7 Å². The van der Waals surface area contributed by atoms with Crippen molar-refractivity contribution in [3.63, 3.8) is 0 Å². The van der Waals surface area contributed by atoms with Crippen LogP contribution in [0.3, 0.4) is 0 Å². The molecule has 0 aromatic heterocycles. The summed E-state index contributed by atoms with van der Waals surface area (Å²) in [5.74, 6) is 0.638. The maximum absolute atomic E-state index is 13.0. The number of benzene rings is 1. The summed E-state index contributed by atoms with van der Waals surface area (Å²) in [5, 5.41) is 0. The van der Waals surface area contributed by atoms with Gasteiger partial charge in [-0.2, -0.15) is 0 Å². The highest BCUT2D eigenvalue weighted by Crippen LogP contribution is 2.52. The second kappa shape index (κ2) is 4.90. The molecule has 0 spiro atoms. The zero-order valence-corrected chi connectivity index (χ0v) is 14.0. The lowest BCUT2D eigenvalue weighted by atomic mass is 9.65. The van der Waals surface area contributed by atoms with E-state index >= 15 is 0 Å². The quantitative estimate of drug-likeness (QED) is 0.853. The van der Waals surface area contributed by atoms with Crippen LogP contribution in [0.5, 0.6) is 5.75 Å². The van der Waals surface area contributed by atoms with Crippen LogP contribution < -0.4 is 10.5 Å². The minimum absolute atomic E-state index is 0.0725. The summed E-state index contributed by atoms with van der Waals surface area (Å²) in [6, 6.07) is 5.61. The van der Waals surface area contributed by atoms with Crippen molar-refractivity contribution in [2.75, 3.05) is 19.4 Å². The molecule has 2 bridgehead atoms. The first kappa shape index (κ1) is 15.2. The summed E-state index contributed by atoms with van der Waals surface area (Å²) in [4.78, 5) is 15.1. The van der Waals surface area contributed by atoms with Crippen molar-refractivity contribution in [1.29, 1.82) is 0 Å². The summed E-state index contributed by atoms with van der Waals surface area (Å²) in [5.41, 5.74) is 7.57. The smallest absolute Gasteiger partial charge is 0.257 e. The minimum Gasteiger partial charge on any atom is -0.496 e. The van der Waals surface area contributed by atoms with Gasteiger partial charge in [0.05, 0.1) is 12.7 Å². The molecule has 2 N–H and O–H groups in total. The van der Waals surface area contributed by atoms with E-state index in [1.165, 1.54) is 6.42 Å². The summed E-state index contributed by atoms with van der Waals surface area (Å²) in [7, 11) is 1.58. The Bertz CT molecular complexity index is 611. The molecule has 1 heterocycles. The Labute approximate surface area is 132 Å². The largest absolute Gasteiger partial charge is 0.496 e. The molecule has 2 unspecified atom stereocenters. The van der Waals surface area contributed by atoms with E-state index in [9.17, 15) is 4.79 Å². The molecule has 1 amide bonds. The molecule has 22 heavy (non-hydrogen) atoms. The third-order valence-electron chi connectivity index (χ3n) is 5.13. The fraction of sp³-hybridized carbons (Fsp3) is 0.611. The van der Waals surface area contributed by atoms with Crippen molar-refractivity contribution in [1.82, 2.24) is 4.90 Å². The van der Waals surface area contributed by atoms with Crippen molar-refractivity contribution in [3.8, 4) is 5.75 Å². The first-order valence-corrected chi connectivity index (χ1v) is 7.98. The molecule has 1 aromatic rings. The van der Waals surface area contributed by atoms with E-state index in [0.717, 1.165) is 19.4 Å². The van der Waals surface area contributed by atoms with Crippen LogP contribution in [0.4, 0.5) is 5.69 Å². The van der Waals surface area contributed by atoms with E-state index in [4.69, 9.17) is 10.5 Å².